The van der Waals surface area contributed by atoms with Crippen LogP contribution in [0.4, 0.5) is 8.78 Å². The van der Waals surface area contributed by atoms with Crippen molar-refractivity contribution in [2.45, 2.75) is 24.7 Å². The summed E-state index contributed by atoms with van der Waals surface area (Å²) in [7, 11) is -4.19. The highest BCUT2D eigenvalue weighted by Gasteiger charge is 2.34. The molecule has 5 nitrogen and oxygen atoms in total. The topological polar surface area (TPSA) is 63.7 Å². The summed E-state index contributed by atoms with van der Waals surface area (Å²) >= 11 is 6.03. The van der Waals surface area contributed by atoms with E-state index in [1.807, 2.05) is 6.92 Å². The summed E-state index contributed by atoms with van der Waals surface area (Å²) in [5, 5.41) is 0.306. The molecule has 28 heavy (non-hydrogen) atoms. The maximum Gasteiger partial charge on any atom is 0.314 e. The number of hydrogen-bond donors (Lipinski definition) is 0. The monoisotopic (exact) mass is 429 g/mol. The molecule has 3 rings (SSSR count). The fourth-order valence-electron chi connectivity index (χ4n) is 3.03. The SMILES string of the molecule is Cc1ccc(Cl)c(OC(=O)C2CCN(S(=O)(=O)c3cc(F)ccc3F)CC2)c1. The van der Waals surface area contributed by atoms with Crippen molar-refractivity contribution in [1.82, 2.24) is 4.31 Å². The molecule has 0 aromatic heterocycles. The largest absolute Gasteiger partial charge is 0.425 e. The fourth-order valence-corrected chi connectivity index (χ4v) is 4.73. The zero-order valence-electron chi connectivity index (χ0n) is 15.0. The van der Waals surface area contributed by atoms with Crippen molar-refractivity contribution in [2.24, 2.45) is 5.92 Å². The Balaban J connectivity index is 1.67. The number of nitrogens with zero attached hydrogens (tertiary/aromatic N) is 1. The summed E-state index contributed by atoms with van der Waals surface area (Å²) in [6, 6.07) is 7.35. The van der Waals surface area contributed by atoms with E-state index in [1.54, 1.807) is 18.2 Å². The minimum Gasteiger partial charge on any atom is -0.425 e. The van der Waals surface area contributed by atoms with Crippen LogP contribution in [0, 0.1) is 24.5 Å². The van der Waals surface area contributed by atoms with Crippen LogP contribution in [0.2, 0.25) is 5.02 Å². The van der Waals surface area contributed by atoms with Crippen molar-refractivity contribution in [3.8, 4) is 5.75 Å². The third-order valence-corrected chi connectivity index (χ3v) is 6.82. The lowest BCUT2D eigenvalue weighted by atomic mass is 9.98. The Morgan fingerprint density at radius 3 is 2.50 bits per heavy atom. The number of halogens is 3. The molecule has 0 bridgehead atoms. The maximum atomic E-state index is 13.9. The Morgan fingerprint density at radius 1 is 1.14 bits per heavy atom. The number of aryl methyl sites for hydroxylation is 1. The molecule has 1 aliphatic rings. The minimum atomic E-state index is -4.19. The van der Waals surface area contributed by atoms with Gasteiger partial charge in [0.05, 0.1) is 10.9 Å². The molecule has 1 fully saturated rings. The Bertz CT molecular complexity index is 1000. The Hall–Kier alpha value is -2.03. The number of esters is 1. The molecule has 1 heterocycles. The molecule has 0 radical (unpaired) electrons. The van der Waals surface area contributed by atoms with E-state index in [0.29, 0.717) is 11.1 Å². The van der Waals surface area contributed by atoms with Gasteiger partial charge < -0.3 is 4.74 Å². The van der Waals surface area contributed by atoms with Gasteiger partial charge in [-0.25, -0.2) is 17.2 Å². The van der Waals surface area contributed by atoms with E-state index in [-0.39, 0.29) is 31.7 Å². The van der Waals surface area contributed by atoms with Gasteiger partial charge in [-0.1, -0.05) is 17.7 Å². The average molecular weight is 430 g/mol. The standard InChI is InChI=1S/C19H18ClF2NO4S/c1-12-2-4-15(20)17(10-12)27-19(24)13-6-8-23(9-7-13)28(25,26)18-11-14(21)3-5-16(18)22/h2-5,10-11,13H,6-9H2,1H3. The van der Waals surface area contributed by atoms with Gasteiger partial charge in [-0.05, 0) is 55.7 Å². The summed E-state index contributed by atoms with van der Waals surface area (Å²) in [5.74, 6) is -2.61. The van der Waals surface area contributed by atoms with Gasteiger partial charge in [-0.2, -0.15) is 4.31 Å². The molecule has 0 amide bonds. The average Bonchev–Trinajstić information content (AvgIpc) is 2.66. The van der Waals surface area contributed by atoms with Crippen LogP contribution in [-0.2, 0) is 14.8 Å². The van der Waals surface area contributed by atoms with E-state index >= 15 is 0 Å². The third-order valence-electron chi connectivity index (χ3n) is 4.60. The lowest BCUT2D eigenvalue weighted by Crippen LogP contribution is -2.41. The summed E-state index contributed by atoms with van der Waals surface area (Å²) in [6.45, 7) is 1.84. The van der Waals surface area contributed by atoms with Gasteiger partial charge in [-0.3, -0.25) is 4.79 Å². The minimum absolute atomic E-state index is 0.000394. The number of carbonyl (C=O) groups is 1. The molecule has 9 heteroatoms. The molecule has 0 N–H and O–H groups in total. The first-order valence-corrected chi connectivity index (χ1v) is 10.4. The van der Waals surface area contributed by atoms with Crippen molar-refractivity contribution in [3.05, 3.63) is 58.6 Å². The molecule has 0 saturated carbocycles. The van der Waals surface area contributed by atoms with Gasteiger partial charge in [0.2, 0.25) is 10.0 Å². The van der Waals surface area contributed by atoms with Crippen LogP contribution >= 0.6 is 11.6 Å². The van der Waals surface area contributed by atoms with Crippen LogP contribution in [0.25, 0.3) is 0 Å². The number of sulfonamides is 1. The molecule has 0 unspecified atom stereocenters. The van der Waals surface area contributed by atoms with Crippen LogP contribution in [0.15, 0.2) is 41.3 Å². The van der Waals surface area contributed by atoms with E-state index in [9.17, 15) is 22.0 Å². The Morgan fingerprint density at radius 2 is 1.82 bits per heavy atom. The van der Waals surface area contributed by atoms with E-state index in [4.69, 9.17) is 16.3 Å². The number of hydrogen-bond acceptors (Lipinski definition) is 4. The quantitative estimate of drug-likeness (QED) is 0.545. The molecule has 1 aliphatic heterocycles. The predicted octanol–water partition coefficient (Wildman–Crippen LogP) is 3.93. The van der Waals surface area contributed by atoms with Crippen molar-refractivity contribution in [3.63, 3.8) is 0 Å². The number of piperidine rings is 1. The Labute approximate surface area is 166 Å². The zero-order valence-corrected chi connectivity index (χ0v) is 16.6. The lowest BCUT2D eigenvalue weighted by Gasteiger charge is -2.30. The molecule has 0 aliphatic carbocycles. The first-order valence-electron chi connectivity index (χ1n) is 8.61. The van der Waals surface area contributed by atoms with E-state index < -0.39 is 38.4 Å². The second kappa shape index (κ2) is 8.14. The molecule has 150 valence electrons. The maximum absolute atomic E-state index is 13.9. The first-order chi connectivity index (χ1) is 13.2. The molecule has 2 aromatic carbocycles. The van der Waals surface area contributed by atoms with Gasteiger partial charge >= 0.3 is 5.97 Å². The van der Waals surface area contributed by atoms with Crippen molar-refractivity contribution >= 4 is 27.6 Å². The van der Waals surface area contributed by atoms with E-state index in [2.05, 4.69) is 0 Å². The Kier molecular flexibility index (Phi) is 6.02. The first kappa shape index (κ1) is 20.7. The van der Waals surface area contributed by atoms with Gasteiger partial charge in [-0.15, -0.1) is 0 Å². The van der Waals surface area contributed by atoms with Crippen molar-refractivity contribution < 1.29 is 26.7 Å². The van der Waals surface area contributed by atoms with Crippen LogP contribution in [0.1, 0.15) is 18.4 Å². The van der Waals surface area contributed by atoms with Crippen LogP contribution < -0.4 is 4.74 Å². The second-order valence-electron chi connectivity index (χ2n) is 6.61. The summed E-state index contributed by atoms with van der Waals surface area (Å²) in [5.41, 5.74) is 0.880. The zero-order chi connectivity index (χ0) is 20.5. The van der Waals surface area contributed by atoms with Crippen molar-refractivity contribution in [1.29, 1.82) is 0 Å². The van der Waals surface area contributed by atoms with E-state index in [0.717, 1.165) is 22.0 Å². The fraction of sp³-hybridized carbons (Fsp3) is 0.316. The highest BCUT2D eigenvalue weighted by atomic mass is 35.5. The molecule has 2 aromatic rings. The smallest absolute Gasteiger partial charge is 0.314 e. The number of ether oxygens (including phenoxy) is 1. The highest BCUT2D eigenvalue weighted by molar-refractivity contribution is 7.89. The summed E-state index contributed by atoms with van der Waals surface area (Å²) in [4.78, 5) is 11.7. The third kappa shape index (κ3) is 4.34. The molecular formula is C19H18ClF2NO4S. The highest BCUT2D eigenvalue weighted by Crippen LogP contribution is 2.29. The summed E-state index contributed by atoms with van der Waals surface area (Å²) in [6.07, 6.45) is 0.414. The number of benzene rings is 2. The molecule has 1 saturated heterocycles. The molecule has 0 atom stereocenters. The van der Waals surface area contributed by atoms with E-state index in [1.165, 1.54) is 0 Å². The van der Waals surface area contributed by atoms with Gasteiger partial charge in [0.15, 0.2) is 0 Å². The van der Waals surface area contributed by atoms with Gasteiger partial charge in [0, 0.05) is 13.1 Å². The summed E-state index contributed by atoms with van der Waals surface area (Å²) < 4.78 is 58.8. The van der Waals surface area contributed by atoms with Gasteiger partial charge in [0.1, 0.15) is 22.3 Å². The van der Waals surface area contributed by atoms with Crippen LogP contribution in [-0.4, -0.2) is 31.8 Å². The molecular weight excluding hydrogens is 412 g/mol. The lowest BCUT2D eigenvalue weighted by molar-refractivity contribution is -0.140. The van der Waals surface area contributed by atoms with Crippen LogP contribution in [0.3, 0.4) is 0 Å². The number of rotatable bonds is 4. The predicted molar refractivity (Wildman–Crippen MR) is 99.7 cm³/mol. The van der Waals surface area contributed by atoms with Gasteiger partial charge in [0.25, 0.3) is 0 Å². The van der Waals surface area contributed by atoms with Crippen molar-refractivity contribution in [2.75, 3.05) is 13.1 Å². The normalized spacial score (nSPS) is 16.1. The second-order valence-corrected chi connectivity index (χ2v) is 8.92. The van der Waals surface area contributed by atoms with Crippen LogP contribution in [0.5, 0.6) is 5.75 Å². The number of carbonyl (C=O) groups excluding carboxylic acids is 1. The molecule has 0 spiro atoms.